The third-order valence-electron chi connectivity index (χ3n) is 4.17. The zero-order chi connectivity index (χ0) is 16.7. The van der Waals surface area contributed by atoms with Crippen LogP contribution in [0.4, 0.5) is 8.78 Å². The van der Waals surface area contributed by atoms with Crippen LogP contribution in [-0.2, 0) is 33.3 Å². The topological polar surface area (TPSA) is 88.1 Å². The van der Waals surface area contributed by atoms with Crippen molar-refractivity contribution >= 4 is 17.9 Å². The monoisotopic (exact) mass is 332 g/mol. The predicted octanol–water partition coefficient (Wildman–Crippen LogP) is -0.126. The fourth-order valence-electron chi connectivity index (χ4n) is 3.23. The number of ether oxygens (including phenoxy) is 4. The van der Waals surface area contributed by atoms with Crippen molar-refractivity contribution in [2.24, 2.45) is 11.8 Å². The first-order valence-electron chi connectivity index (χ1n) is 7.03. The summed E-state index contributed by atoms with van der Waals surface area (Å²) >= 11 is 0. The highest BCUT2D eigenvalue weighted by atomic mass is 19.2. The van der Waals surface area contributed by atoms with Crippen molar-refractivity contribution in [2.45, 2.75) is 30.6 Å². The number of alkyl halides is 2. The molecule has 3 heterocycles. The van der Waals surface area contributed by atoms with Crippen molar-refractivity contribution in [3.63, 3.8) is 0 Å². The maximum absolute atomic E-state index is 12.9. The van der Waals surface area contributed by atoms with E-state index in [1.165, 1.54) is 0 Å². The van der Waals surface area contributed by atoms with E-state index in [2.05, 4.69) is 6.58 Å². The number of rotatable bonds is 6. The van der Waals surface area contributed by atoms with Gasteiger partial charge in [0.2, 0.25) is 0 Å². The van der Waals surface area contributed by atoms with Crippen LogP contribution in [0.1, 0.15) is 0 Å². The number of fused-ring (bicyclic) bond motifs is 1. The minimum atomic E-state index is -1.93. The van der Waals surface area contributed by atoms with Crippen LogP contribution in [0.15, 0.2) is 12.7 Å². The van der Waals surface area contributed by atoms with E-state index in [1.807, 2.05) is 0 Å². The second kappa shape index (κ2) is 5.88. The average molecular weight is 332 g/mol. The number of hydrogen-bond donors (Lipinski definition) is 0. The quantitative estimate of drug-likeness (QED) is 0.380. The summed E-state index contributed by atoms with van der Waals surface area (Å²) in [4.78, 5) is 35.4. The van der Waals surface area contributed by atoms with Gasteiger partial charge < -0.3 is 18.9 Å². The van der Waals surface area contributed by atoms with Gasteiger partial charge in [-0.2, -0.15) is 0 Å². The summed E-state index contributed by atoms with van der Waals surface area (Å²) in [5, 5.41) is 0. The summed E-state index contributed by atoms with van der Waals surface area (Å²) in [5.74, 6) is -4.29. The van der Waals surface area contributed by atoms with Gasteiger partial charge in [-0.05, 0) is 0 Å². The molecule has 0 aliphatic carbocycles. The van der Waals surface area contributed by atoms with Gasteiger partial charge in [0.25, 0.3) is 0 Å². The third kappa shape index (κ3) is 2.48. The molecule has 7 nitrogen and oxygen atoms in total. The molecule has 3 fully saturated rings. The minimum absolute atomic E-state index is 0.663. The molecule has 3 aliphatic heterocycles. The SMILES string of the molecule is C=CC(=O)OC1C2OC(=O)C3C2OC1C3C(=O)OCC(F)CF. The van der Waals surface area contributed by atoms with E-state index in [9.17, 15) is 23.2 Å². The Morgan fingerprint density at radius 2 is 2.09 bits per heavy atom. The van der Waals surface area contributed by atoms with Gasteiger partial charge in [0, 0.05) is 6.08 Å². The van der Waals surface area contributed by atoms with E-state index in [-0.39, 0.29) is 0 Å². The molecule has 9 heteroatoms. The first-order valence-corrected chi connectivity index (χ1v) is 7.03. The van der Waals surface area contributed by atoms with E-state index in [0.29, 0.717) is 0 Å². The van der Waals surface area contributed by atoms with Crippen LogP contribution in [0.25, 0.3) is 0 Å². The lowest BCUT2D eigenvalue weighted by Gasteiger charge is -2.26. The van der Waals surface area contributed by atoms with Gasteiger partial charge in [-0.25, -0.2) is 13.6 Å². The lowest BCUT2D eigenvalue weighted by Crippen LogP contribution is -2.48. The van der Waals surface area contributed by atoms with Crippen LogP contribution in [-0.4, -0.2) is 61.8 Å². The summed E-state index contributed by atoms with van der Waals surface area (Å²) < 4.78 is 45.4. The highest BCUT2D eigenvalue weighted by molar-refractivity contribution is 5.87. The molecule has 0 aromatic rings. The average Bonchev–Trinajstić information content (AvgIpc) is 3.15. The lowest BCUT2D eigenvalue weighted by molar-refractivity contribution is -0.161. The Morgan fingerprint density at radius 3 is 2.74 bits per heavy atom. The largest absolute Gasteiger partial charge is 0.462 e. The van der Waals surface area contributed by atoms with Gasteiger partial charge in [-0.1, -0.05) is 6.58 Å². The summed E-state index contributed by atoms with van der Waals surface area (Å²) in [6, 6.07) is 0. The molecular weight excluding hydrogens is 318 g/mol. The highest BCUT2D eigenvalue weighted by Crippen LogP contribution is 2.51. The zero-order valence-electron chi connectivity index (χ0n) is 11.9. The van der Waals surface area contributed by atoms with E-state index in [4.69, 9.17) is 18.9 Å². The molecule has 3 rings (SSSR count). The Labute approximate surface area is 129 Å². The van der Waals surface area contributed by atoms with Crippen molar-refractivity contribution < 1.29 is 42.1 Å². The highest BCUT2D eigenvalue weighted by Gasteiger charge is 2.72. The smallest absolute Gasteiger partial charge is 0.330 e. The first-order chi connectivity index (χ1) is 11.0. The van der Waals surface area contributed by atoms with Crippen LogP contribution in [0.2, 0.25) is 0 Å². The summed E-state index contributed by atoms with van der Waals surface area (Å²) in [6.07, 6.45) is -4.41. The Morgan fingerprint density at radius 1 is 1.35 bits per heavy atom. The number of esters is 3. The normalized spacial score (nSPS) is 38.1. The predicted molar refractivity (Wildman–Crippen MR) is 67.4 cm³/mol. The Hall–Kier alpha value is -2.03. The molecule has 3 aliphatic rings. The van der Waals surface area contributed by atoms with Crippen molar-refractivity contribution in [1.82, 2.24) is 0 Å². The fraction of sp³-hybridized carbons (Fsp3) is 0.643. The molecule has 0 saturated carbocycles. The van der Waals surface area contributed by atoms with Gasteiger partial charge in [0.05, 0.1) is 0 Å². The molecule has 3 saturated heterocycles. The number of carbonyl (C=O) groups is 3. The maximum atomic E-state index is 12.9. The Bertz CT molecular complexity index is 551. The maximum Gasteiger partial charge on any atom is 0.330 e. The molecular formula is C14H14F2O7. The fourth-order valence-corrected chi connectivity index (χ4v) is 3.23. The first kappa shape index (κ1) is 15.9. The number of carbonyl (C=O) groups excluding carboxylic acids is 3. The Balaban J connectivity index is 1.75. The van der Waals surface area contributed by atoms with Crippen LogP contribution in [0.5, 0.6) is 0 Å². The second-order valence-electron chi connectivity index (χ2n) is 5.51. The molecule has 0 aromatic carbocycles. The molecule has 7 atom stereocenters. The van der Waals surface area contributed by atoms with Crippen molar-refractivity contribution in [2.75, 3.05) is 13.3 Å². The molecule has 0 aromatic heterocycles. The molecule has 0 amide bonds. The molecule has 126 valence electrons. The molecule has 2 bridgehead atoms. The second-order valence-corrected chi connectivity index (χ2v) is 5.51. The van der Waals surface area contributed by atoms with Crippen LogP contribution in [0.3, 0.4) is 0 Å². The van der Waals surface area contributed by atoms with E-state index in [0.717, 1.165) is 6.08 Å². The van der Waals surface area contributed by atoms with Crippen molar-refractivity contribution in [1.29, 1.82) is 0 Å². The lowest BCUT2D eigenvalue weighted by atomic mass is 9.78. The summed E-state index contributed by atoms with van der Waals surface area (Å²) in [5.41, 5.74) is 0. The zero-order valence-corrected chi connectivity index (χ0v) is 11.9. The van der Waals surface area contributed by atoms with Gasteiger partial charge in [-0.3, -0.25) is 9.59 Å². The molecule has 0 radical (unpaired) electrons. The van der Waals surface area contributed by atoms with Crippen LogP contribution < -0.4 is 0 Å². The molecule has 0 spiro atoms. The van der Waals surface area contributed by atoms with Crippen LogP contribution in [0, 0.1) is 11.8 Å². The van der Waals surface area contributed by atoms with E-state index >= 15 is 0 Å². The van der Waals surface area contributed by atoms with Gasteiger partial charge in [0.15, 0.2) is 18.4 Å². The van der Waals surface area contributed by atoms with Crippen molar-refractivity contribution in [3.05, 3.63) is 12.7 Å². The molecule has 7 unspecified atom stereocenters. The number of hydrogen-bond acceptors (Lipinski definition) is 7. The van der Waals surface area contributed by atoms with Gasteiger partial charge >= 0.3 is 17.9 Å². The molecule has 0 N–H and O–H groups in total. The van der Waals surface area contributed by atoms with E-state index < -0.39 is 73.6 Å². The molecule has 23 heavy (non-hydrogen) atoms. The standard InChI is InChI=1S/C14H14F2O7/c1-2-6(17)21-11-9-7(13(18)20-4-5(16)3-15)8-10(22-9)12(11)23-14(8)19/h2,5,7-12H,1,3-4H2. The van der Waals surface area contributed by atoms with Gasteiger partial charge in [0.1, 0.15) is 37.3 Å². The summed E-state index contributed by atoms with van der Waals surface area (Å²) in [7, 11) is 0. The van der Waals surface area contributed by atoms with Gasteiger partial charge in [-0.15, -0.1) is 0 Å². The Kier molecular flexibility index (Phi) is 4.05. The van der Waals surface area contributed by atoms with E-state index in [1.54, 1.807) is 0 Å². The van der Waals surface area contributed by atoms with Crippen LogP contribution >= 0.6 is 0 Å². The third-order valence-corrected chi connectivity index (χ3v) is 4.17. The number of halogens is 2. The minimum Gasteiger partial charge on any atom is -0.462 e. The van der Waals surface area contributed by atoms with Crippen molar-refractivity contribution in [3.8, 4) is 0 Å². The summed E-state index contributed by atoms with van der Waals surface area (Å²) in [6.45, 7) is 1.22.